The summed E-state index contributed by atoms with van der Waals surface area (Å²) in [4.78, 5) is 4.41. The zero-order valence-corrected chi connectivity index (χ0v) is 7.88. The van der Waals surface area contributed by atoms with Crippen LogP contribution >= 0.6 is 0 Å². The number of aromatic amines is 1. The van der Waals surface area contributed by atoms with Gasteiger partial charge in [-0.3, -0.25) is 0 Å². The Morgan fingerprint density at radius 3 is 2.54 bits per heavy atom. The van der Waals surface area contributed by atoms with E-state index in [4.69, 9.17) is 0 Å². The highest BCUT2D eigenvalue weighted by atomic mass is 15.5. The van der Waals surface area contributed by atoms with Gasteiger partial charge in [-0.05, 0) is 6.92 Å². The smallest absolute Gasteiger partial charge is 0.161 e. The molecule has 6 nitrogen and oxygen atoms in total. The first-order chi connectivity index (χ1) is 6.33. The summed E-state index contributed by atoms with van der Waals surface area (Å²) in [5.74, 6) is 0. The lowest BCUT2D eigenvalue weighted by atomic mass is 10.6. The molecule has 72 valence electrons. The minimum Gasteiger partial charge on any atom is -0.362 e. The van der Waals surface area contributed by atoms with Crippen molar-refractivity contribution in [3.05, 3.63) is 18.7 Å². The molecule has 6 heteroatoms. The van der Waals surface area contributed by atoms with Crippen molar-refractivity contribution < 1.29 is 0 Å². The number of nitrogens with zero attached hydrogens (tertiary/aromatic N) is 5. The molecule has 0 fully saturated rings. The fourth-order valence-electron chi connectivity index (χ4n) is 0.923. The molecule has 1 aliphatic rings. The van der Waals surface area contributed by atoms with Crippen LogP contribution in [0.3, 0.4) is 0 Å². The molecule has 1 aliphatic heterocycles. The fourth-order valence-corrected chi connectivity index (χ4v) is 0.923. The average molecular weight is 182 g/mol. The van der Waals surface area contributed by atoms with Crippen molar-refractivity contribution in [2.75, 3.05) is 20.3 Å². The second kappa shape index (κ2) is 5.13. The van der Waals surface area contributed by atoms with E-state index >= 15 is 0 Å². The number of nitrogens with one attached hydrogen (secondary N) is 1. The van der Waals surface area contributed by atoms with E-state index in [1.54, 1.807) is 0 Å². The topological polar surface area (TPSA) is 60.9 Å². The van der Waals surface area contributed by atoms with Crippen LogP contribution in [-0.2, 0) is 0 Å². The summed E-state index contributed by atoms with van der Waals surface area (Å²) >= 11 is 0. The lowest BCUT2D eigenvalue weighted by Crippen LogP contribution is -2.21. The van der Waals surface area contributed by atoms with E-state index in [1.165, 1.54) is 6.33 Å². The first-order valence-electron chi connectivity index (χ1n) is 4.12. The van der Waals surface area contributed by atoms with Crippen LogP contribution in [-0.4, -0.2) is 50.7 Å². The van der Waals surface area contributed by atoms with Crippen molar-refractivity contribution in [2.24, 2.45) is 0 Å². The summed E-state index contributed by atoms with van der Waals surface area (Å²) in [7, 11) is 2.08. The molecule has 13 heavy (non-hydrogen) atoms. The highest BCUT2D eigenvalue weighted by Gasteiger charge is 2.03. The Morgan fingerprint density at radius 2 is 2.31 bits per heavy atom. The molecule has 0 aromatic carbocycles. The Labute approximate surface area is 77.2 Å². The minimum atomic E-state index is 1.05. The van der Waals surface area contributed by atoms with E-state index in [2.05, 4.69) is 56.8 Å². The van der Waals surface area contributed by atoms with E-state index in [-0.39, 0.29) is 0 Å². The van der Waals surface area contributed by atoms with Crippen molar-refractivity contribution >= 4 is 0 Å². The van der Waals surface area contributed by atoms with Crippen LogP contribution in [0.25, 0.3) is 0 Å². The first-order valence-corrected chi connectivity index (χ1v) is 4.12. The largest absolute Gasteiger partial charge is 0.362 e. The van der Waals surface area contributed by atoms with Gasteiger partial charge in [0.2, 0.25) is 0 Å². The molecule has 0 radical (unpaired) electrons. The molecule has 0 unspecified atom stereocenters. The molecule has 0 saturated heterocycles. The third kappa shape index (κ3) is 3.55. The second-order valence-electron chi connectivity index (χ2n) is 2.66. The zero-order valence-electron chi connectivity index (χ0n) is 7.88. The molecule has 1 aromatic rings. The number of H-pyrrole nitrogens is 1. The number of tetrazole rings is 1. The van der Waals surface area contributed by atoms with Crippen LogP contribution in [0.1, 0.15) is 6.92 Å². The lowest BCUT2D eigenvalue weighted by Gasteiger charge is -2.14. The summed E-state index contributed by atoms with van der Waals surface area (Å²) in [6.45, 7) is 4.32. The van der Waals surface area contributed by atoms with E-state index in [1.807, 2.05) is 0 Å². The van der Waals surface area contributed by atoms with Crippen molar-refractivity contribution in [3.8, 4) is 0 Å². The van der Waals surface area contributed by atoms with Crippen molar-refractivity contribution in [2.45, 2.75) is 6.92 Å². The van der Waals surface area contributed by atoms with Gasteiger partial charge in [0.1, 0.15) is 0 Å². The lowest BCUT2D eigenvalue weighted by molar-refractivity contribution is 0.308. The predicted molar refractivity (Wildman–Crippen MR) is 48.3 cm³/mol. The standard InChI is InChI=1S/C6H12N2.CH2N4/c1-3-8-5-4-7(2)6-8;1-2-4-5-3-1/h4-5H,3,6H2,1-2H3;1H,(H,2,3,4,5). The molecular formula is C7H14N6. The zero-order chi connectivity index (χ0) is 9.52. The van der Waals surface area contributed by atoms with Gasteiger partial charge in [0, 0.05) is 26.0 Å². The monoisotopic (exact) mass is 182 g/mol. The van der Waals surface area contributed by atoms with E-state index in [9.17, 15) is 0 Å². The fraction of sp³-hybridized carbons (Fsp3) is 0.571. The van der Waals surface area contributed by atoms with Crippen LogP contribution in [0.2, 0.25) is 0 Å². The number of aromatic nitrogens is 4. The van der Waals surface area contributed by atoms with Gasteiger partial charge in [-0.2, -0.15) is 5.21 Å². The quantitative estimate of drug-likeness (QED) is 0.656. The predicted octanol–water partition coefficient (Wildman–Crippen LogP) is -0.118. The van der Waals surface area contributed by atoms with Gasteiger partial charge in [0.25, 0.3) is 0 Å². The van der Waals surface area contributed by atoms with Crippen LogP contribution in [0, 0.1) is 0 Å². The third-order valence-corrected chi connectivity index (χ3v) is 1.61. The molecular weight excluding hydrogens is 168 g/mol. The van der Waals surface area contributed by atoms with Gasteiger partial charge in [-0.25, -0.2) is 0 Å². The van der Waals surface area contributed by atoms with Crippen LogP contribution in [0.15, 0.2) is 18.7 Å². The van der Waals surface area contributed by atoms with Gasteiger partial charge in [-0.15, -0.1) is 10.2 Å². The molecule has 0 aliphatic carbocycles. The van der Waals surface area contributed by atoms with Crippen LogP contribution in [0.5, 0.6) is 0 Å². The number of rotatable bonds is 1. The molecule has 0 spiro atoms. The molecule has 2 rings (SSSR count). The number of hydrogen-bond donors (Lipinski definition) is 1. The Morgan fingerprint density at radius 1 is 1.46 bits per heavy atom. The van der Waals surface area contributed by atoms with Crippen LogP contribution < -0.4 is 0 Å². The first kappa shape index (κ1) is 9.50. The van der Waals surface area contributed by atoms with Gasteiger partial charge in [-0.1, -0.05) is 5.21 Å². The van der Waals surface area contributed by atoms with Gasteiger partial charge in [0.15, 0.2) is 6.33 Å². The maximum absolute atomic E-state index is 3.38. The van der Waals surface area contributed by atoms with Gasteiger partial charge in [0.05, 0.1) is 6.67 Å². The Balaban J connectivity index is 0.000000145. The molecule has 1 aromatic heterocycles. The Kier molecular flexibility index (Phi) is 3.74. The van der Waals surface area contributed by atoms with E-state index in [0.29, 0.717) is 0 Å². The number of hydrogen-bond acceptors (Lipinski definition) is 5. The molecule has 2 heterocycles. The van der Waals surface area contributed by atoms with Crippen LogP contribution in [0.4, 0.5) is 0 Å². The molecule has 0 amide bonds. The molecule has 0 atom stereocenters. The van der Waals surface area contributed by atoms with Crippen molar-refractivity contribution in [1.82, 2.24) is 30.4 Å². The van der Waals surface area contributed by atoms with Gasteiger partial charge < -0.3 is 9.80 Å². The Hall–Kier alpha value is -1.59. The normalized spacial score (nSPS) is 14.3. The van der Waals surface area contributed by atoms with E-state index in [0.717, 1.165) is 13.2 Å². The summed E-state index contributed by atoms with van der Waals surface area (Å²) in [5.41, 5.74) is 0. The highest BCUT2D eigenvalue weighted by Crippen LogP contribution is 2.00. The van der Waals surface area contributed by atoms with Crippen molar-refractivity contribution in [1.29, 1.82) is 0 Å². The van der Waals surface area contributed by atoms with Crippen molar-refractivity contribution in [3.63, 3.8) is 0 Å². The molecule has 1 N–H and O–H groups in total. The average Bonchev–Trinajstić information content (AvgIpc) is 2.76. The van der Waals surface area contributed by atoms with Gasteiger partial charge >= 0.3 is 0 Å². The summed E-state index contributed by atoms with van der Waals surface area (Å²) < 4.78 is 0. The second-order valence-corrected chi connectivity index (χ2v) is 2.66. The summed E-state index contributed by atoms with van der Waals surface area (Å²) in [6, 6.07) is 0. The SMILES string of the molecule is CCN1C=CN(C)C1.c1nn[nH]n1. The molecule has 0 bridgehead atoms. The summed E-state index contributed by atoms with van der Waals surface area (Å²) in [5, 5.41) is 12.2. The highest BCUT2D eigenvalue weighted by molar-refractivity contribution is 4.87. The summed E-state index contributed by atoms with van der Waals surface area (Å²) in [6.07, 6.45) is 5.53. The minimum absolute atomic E-state index is 1.05. The van der Waals surface area contributed by atoms with E-state index < -0.39 is 0 Å². The Bertz CT molecular complexity index is 214. The third-order valence-electron chi connectivity index (χ3n) is 1.61. The maximum atomic E-state index is 3.38. The molecule has 0 saturated carbocycles. The maximum Gasteiger partial charge on any atom is 0.161 e.